The molecule has 0 aromatic heterocycles. The lowest BCUT2D eigenvalue weighted by Gasteiger charge is -2.21. The smallest absolute Gasteiger partial charge is 0.239 e. The van der Waals surface area contributed by atoms with Crippen LogP contribution >= 0.6 is 0 Å². The number of phenolic OH excluding ortho intramolecular Hbond substituents is 1. The van der Waals surface area contributed by atoms with Gasteiger partial charge < -0.3 is 10.0 Å². The van der Waals surface area contributed by atoms with Crippen LogP contribution < -0.4 is 5.32 Å². The van der Waals surface area contributed by atoms with Crippen molar-refractivity contribution in [2.24, 2.45) is 0 Å². The quantitative estimate of drug-likeness (QED) is 0.852. The van der Waals surface area contributed by atoms with Gasteiger partial charge in [0.25, 0.3) is 0 Å². The highest BCUT2D eigenvalue weighted by Gasteiger charge is 2.30. The van der Waals surface area contributed by atoms with Gasteiger partial charge in [0.05, 0.1) is 6.04 Å². The summed E-state index contributed by atoms with van der Waals surface area (Å²) in [7, 11) is 1.84. The monoisotopic (exact) mass is 248 g/mol. The number of carbonyl (C=O) groups excluding carboxylic acids is 1. The molecule has 0 saturated carbocycles. The predicted octanol–water partition coefficient (Wildman–Crippen LogP) is 1.66. The molecular weight excluding hydrogens is 228 g/mol. The van der Waals surface area contributed by atoms with Gasteiger partial charge in [-0.15, -0.1) is 0 Å². The van der Waals surface area contributed by atoms with Gasteiger partial charge in [-0.1, -0.05) is 19.1 Å². The SMILES string of the molecule is CCC(NC1CCN(C)C1=O)c1ccc(O)cc1. The lowest BCUT2D eigenvalue weighted by molar-refractivity contribution is -0.128. The first-order valence-electron chi connectivity index (χ1n) is 6.41. The highest BCUT2D eigenvalue weighted by Crippen LogP contribution is 2.22. The van der Waals surface area contributed by atoms with Gasteiger partial charge in [0.2, 0.25) is 5.91 Å². The van der Waals surface area contributed by atoms with Gasteiger partial charge >= 0.3 is 0 Å². The average Bonchev–Trinajstić information content (AvgIpc) is 2.69. The Morgan fingerprint density at radius 1 is 1.44 bits per heavy atom. The third kappa shape index (κ3) is 2.64. The first kappa shape index (κ1) is 12.9. The van der Waals surface area contributed by atoms with E-state index in [0.717, 1.165) is 24.9 Å². The van der Waals surface area contributed by atoms with Crippen LogP contribution in [-0.4, -0.2) is 35.5 Å². The maximum absolute atomic E-state index is 11.9. The van der Waals surface area contributed by atoms with Gasteiger partial charge in [0.15, 0.2) is 0 Å². The van der Waals surface area contributed by atoms with Crippen LogP contribution in [0.1, 0.15) is 31.4 Å². The predicted molar refractivity (Wildman–Crippen MR) is 70.3 cm³/mol. The van der Waals surface area contributed by atoms with Crippen molar-refractivity contribution in [2.75, 3.05) is 13.6 Å². The second-order valence-corrected chi connectivity index (χ2v) is 4.82. The number of likely N-dealkylation sites (N-methyl/N-ethyl adjacent to an activating group) is 1. The van der Waals surface area contributed by atoms with Crippen LogP contribution in [0.3, 0.4) is 0 Å². The molecule has 1 aromatic carbocycles. The van der Waals surface area contributed by atoms with E-state index in [2.05, 4.69) is 12.2 Å². The normalized spacial score (nSPS) is 21.3. The fourth-order valence-electron chi connectivity index (χ4n) is 2.38. The van der Waals surface area contributed by atoms with E-state index in [4.69, 9.17) is 0 Å². The van der Waals surface area contributed by atoms with Crippen molar-refractivity contribution in [1.29, 1.82) is 0 Å². The molecule has 0 bridgehead atoms. The van der Waals surface area contributed by atoms with E-state index >= 15 is 0 Å². The second kappa shape index (κ2) is 5.40. The van der Waals surface area contributed by atoms with E-state index in [0.29, 0.717) is 0 Å². The van der Waals surface area contributed by atoms with Crippen LogP contribution in [-0.2, 0) is 4.79 Å². The summed E-state index contributed by atoms with van der Waals surface area (Å²) in [6, 6.07) is 7.25. The van der Waals surface area contributed by atoms with Crippen molar-refractivity contribution in [2.45, 2.75) is 31.8 Å². The summed E-state index contributed by atoms with van der Waals surface area (Å²) in [6.07, 6.45) is 1.78. The van der Waals surface area contributed by atoms with E-state index < -0.39 is 0 Å². The minimum Gasteiger partial charge on any atom is -0.508 e. The van der Waals surface area contributed by atoms with Crippen LogP contribution in [0.25, 0.3) is 0 Å². The molecule has 2 rings (SSSR count). The Bertz CT molecular complexity index is 416. The number of likely N-dealkylation sites (tertiary alicyclic amines) is 1. The molecule has 1 saturated heterocycles. The number of nitrogens with zero attached hydrogens (tertiary/aromatic N) is 1. The number of hydrogen-bond acceptors (Lipinski definition) is 3. The minimum absolute atomic E-state index is 0.0752. The van der Waals surface area contributed by atoms with Crippen molar-refractivity contribution >= 4 is 5.91 Å². The third-order valence-electron chi connectivity index (χ3n) is 3.53. The zero-order chi connectivity index (χ0) is 13.1. The van der Waals surface area contributed by atoms with E-state index in [9.17, 15) is 9.90 Å². The zero-order valence-electron chi connectivity index (χ0n) is 10.9. The maximum Gasteiger partial charge on any atom is 0.239 e. The summed E-state index contributed by atoms with van der Waals surface area (Å²) < 4.78 is 0. The summed E-state index contributed by atoms with van der Waals surface area (Å²) in [5.41, 5.74) is 1.11. The lowest BCUT2D eigenvalue weighted by atomic mass is 10.0. The van der Waals surface area contributed by atoms with Gasteiger partial charge in [-0.25, -0.2) is 0 Å². The Balaban J connectivity index is 2.06. The van der Waals surface area contributed by atoms with Gasteiger partial charge in [-0.3, -0.25) is 10.1 Å². The van der Waals surface area contributed by atoms with E-state index in [1.807, 2.05) is 19.2 Å². The Morgan fingerprint density at radius 2 is 2.11 bits per heavy atom. The Kier molecular flexibility index (Phi) is 3.87. The number of rotatable bonds is 4. The summed E-state index contributed by atoms with van der Waals surface area (Å²) in [5.74, 6) is 0.442. The highest BCUT2D eigenvalue weighted by molar-refractivity contribution is 5.83. The van der Waals surface area contributed by atoms with Crippen LogP contribution in [0.5, 0.6) is 5.75 Å². The highest BCUT2D eigenvalue weighted by atomic mass is 16.3. The molecule has 0 aliphatic carbocycles. The van der Waals surface area contributed by atoms with Crippen molar-refractivity contribution in [3.8, 4) is 5.75 Å². The van der Waals surface area contributed by atoms with Gasteiger partial charge in [0, 0.05) is 19.6 Å². The van der Waals surface area contributed by atoms with E-state index in [-0.39, 0.29) is 23.7 Å². The first-order valence-corrected chi connectivity index (χ1v) is 6.41. The van der Waals surface area contributed by atoms with Crippen molar-refractivity contribution in [3.05, 3.63) is 29.8 Å². The molecule has 1 fully saturated rings. The Labute approximate surface area is 108 Å². The zero-order valence-corrected chi connectivity index (χ0v) is 10.9. The van der Waals surface area contributed by atoms with Gasteiger partial charge in [-0.2, -0.15) is 0 Å². The molecule has 1 aliphatic heterocycles. The van der Waals surface area contributed by atoms with Crippen LogP contribution in [0.15, 0.2) is 24.3 Å². The molecule has 1 heterocycles. The summed E-state index contributed by atoms with van der Waals surface area (Å²) in [5, 5.41) is 12.7. The van der Waals surface area contributed by atoms with Crippen LogP contribution in [0, 0.1) is 0 Å². The Hall–Kier alpha value is -1.55. The summed E-state index contributed by atoms with van der Waals surface area (Å²) in [6.45, 7) is 2.91. The topological polar surface area (TPSA) is 52.6 Å². The molecule has 2 unspecified atom stereocenters. The maximum atomic E-state index is 11.9. The molecular formula is C14H20N2O2. The standard InChI is InChI=1S/C14H20N2O2/c1-3-12(10-4-6-11(17)7-5-10)15-13-8-9-16(2)14(13)18/h4-7,12-13,15,17H,3,8-9H2,1-2H3. The number of hydrogen-bond donors (Lipinski definition) is 2. The fourth-order valence-corrected chi connectivity index (χ4v) is 2.38. The number of amides is 1. The second-order valence-electron chi connectivity index (χ2n) is 4.82. The number of phenols is 1. The van der Waals surface area contributed by atoms with Crippen LogP contribution in [0.4, 0.5) is 0 Å². The van der Waals surface area contributed by atoms with E-state index in [1.54, 1.807) is 17.0 Å². The third-order valence-corrected chi connectivity index (χ3v) is 3.53. The molecule has 1 amide bonds. The van der Waals surface area contributed by atoms with Gasteiger partial charge in [-0.05, 0) is 30.5 Å². The molecule has 4 nitrogen and oxygen atoms in total. The van der Waals surface area contributed by atoms with Gasteiger partial charge in [0.1, 0.15) is 5.75 Å². The lowest BCUT2D eigenvalue weighted by Crippen LogP contribution is -2.39. The number of nitrogens with one attached hydrogen (secondary N) is 1. The molecule has 2 N–H and O–H groups in total. The average molecular weight is 248 g/mol. The first-order chi connectivity index (χ1) is 8.61. The fraction of sp³-hybridized carbons (Fsp3) is 0.500. The molecule has 0 radical (unpaired) electrons. The number of aromatic hydroxyl groups is 1. The minimum atomic E-state index is -0.0752. The molecule has 2 atom stereocenters. The summed E-state index contributed by atoms with van der Waals surface area (Å²) in [4.78, 5) is 13.6. The molecule has 18 heavy (non-hydrogen) atoms. The molecule has 98 valence electrons. The molecule has 0 spiro atoms. The van der Waals surface area contributed by atoms with Crippen molar-refractivity contribution < 1.29 is 9.90 Å². The summed E-state index contributed by atoms with van der Waals surface area (Å²) >= 11 is 0. The number of carbonyl (C=O) groups is 1. The largest absolute Gasteiger partial charge is 0.508 e. The van der Waals surface area contributed by atoms with Crippen molar-refractivity contribution in [3.63, 3.8) is 0 Å². The Morgan fingerprint density at radius 3 is 2.61 bits per heavy atom. The molecule has 1 aliphatic rings. The van der Waals surface area contributed by atoms with E-state index in [1.165, 1.54) is 0 Å². The molecule has 1 aromatic rings. The molecule has 4 heteroatoms. The van der Waals surface area contributed by atoms with Crippen LogP contribution in [0.2, 0.25) is 0 Å². The van der Waals surface area contributed by atoms with Crippen molar-refractivity contribution in [1.82, 2.24) is 10.2 Å². The number of benzene rings is 1.